The molecule has 5 rings (SSSR count). The highest BCUT2D eigenvalue weighted by atomic mass is 32.2. The Bertz CT molecular complexity index is 1940. The van der Waals surface area contributed by atoms with Gasteiger partial charge in [0.1, 0.15) is 22.2 Å². The number of carbonyl (C=O) groups is 2. The van der Waals surface area contributed by atoms with E-state index >= 15 is 0 Å². The minimum atomic E-state index is -4.22. The number of allylic oxidation sites excluding steroid dienone is 8. The normalized spacial score (nSPS) is 22.1. The van der Waals surface area contributed by atoms with Gasteiger partial charge in [0, 0.05) is 11.1 Å². The van der Waals surface area contributed by atoms with Gasteiger partial charge in [-0.15, -0.1) is 0 Å². The molecule has 2 aliphatic heterocycles. The number of carboxylic acid groups (broad SMARTS) is 1. The standard InChI is InChI=1S/C30H26O10S2/c1-30(2)14-17(4-9-23-27(31)21-7-3-19(16-40-35)12-25(21)41(23,36)37)11-18(15-30)5-10-24-28(32)22-8-6-20(29(33)34)13-26(22)42(24,38)39/h3-13,31,35H,14-16H2,1-2H3,(H,33,34)/b9-4+,18-5-,24-10-. The maximum Gasteiger partial charge on any atom is 0.335 e. The molecule has 3 aliphatic rings. The molecular weight excluding hydrogens is 584 g/mol. The Morgan fingerprint density at radius 3 is 2.33 bits per heavy atom. The lowest BCUT2D eigenvalue weighted by Gasteiger charge is -2.30. The highest BCUT2D eigenvalue weighted by molar-refractivity contribution is 7.97. The van der Waals surface area contributed by atoms with Crippen molar-refractivity contribution in [3.05, 3.63) is 110 Å². The van der Waals surface area contributed by atoms with Gasteiger partial charge in [0.15, 0.2) is 0 Å². The summed E-state index contributed by atoms with van der Waals surface area (Å²) in [6.45, 7) is 3.75. The molecule has 1 aliphatic carbocycles. The molecular formula is C30H26O10S2. The van der Waals surface area contributed by atoms with E-state index in [1.807, 2.05) is 13.8 Å². The zero-order valence-corrected chi connectivity index (χ0v) is 24.1. The summed E-state index contributed by atoms with van der Waals surface area (Å²) in [5, 5.41) is 28.6. The van der Waals surface area contributed by atoms with Crippen LogP contribution in [0.3, 0.4) is 0 Å². The number of sulfone groups is 2. The summed E-state index contributed by atoms with van der Waals surface area (Å²) in [7, 11) is -8.26. The Hall–Kier alpha value is -4.10. The van der Waals surface area contributed by atoms with Crippen LogP contribution in [-0.4, -0.2) is 44.1 Å². The van der Waals surface area contributed by atoms with Crippen molar-refractivity contribution in [1.82, 2.24) is 0 Å². The number of rotatable bonds is 6. The number of carboxylic acids is 1. The van der Waals surface area contributed by atoms with Crippen molar-refractivity contribution < 1.29 is 46.8 Å². The fourth-order valence-corrected chi connectivity index (χ4v) is 8.57. The van der Waals surface area contributed by atoms with Crippen LogP contribution < -0.4 is 0 Å². The zero-order valence-electron chi connectivity index (χ0n) is 22.5. The molecule has 0 atom stereocenters. The predicted molar refractivity (Wildman–Crippen MR) is 152 cm³/mol. The lowest BCUT2D eigenvalue weighted by molar-refractivity contribution is -0.253. The number of ketones is 1. The Kier molecular flexibility index (Phi) is 7.22. The van der Waals surface area contributed by atoms with Crippen LogP contribution in [0.1, 0.15) is 58.5 Å². The monoisotopic (exact) mass is 610 g/mol. The first-order valence-electron chi connectivity index (χ1n) is 12.7. The van der Waals surface area contributed by atoms with Gasteiger partial charge in [-0.3, -0.25) is 10.1 Å². The van der Waals surface area contributed by atoms with Crippen LogP contribution in [0.15, 0.2) is 97.5 Å². The molecule has 12 heteroatoms. The third-order valence-corrected chi connectivity index (χ3v) is 10.9. The highest BCUT2D eigenvalue weighted by Crippen LogP contribution is 2.42. The number of Topliss-reactive ketones (excluding diaryl/α,β-unsaturated/α-hetero) is 1. The smallest absolute Gasteiger partial charge is 0.335 e. The topological polar surface area (TPSA) is 172 Å². The van der Waals surface area contributed by atoms with Crippen LogP contribution in [0.5, 0.6) is 0 Å². The first kappa shape index (κ1) is 29.4. The molecule has 10 nitrogen and oxygen atoms in total. The molecule has 0 saturated carbocycles. The summed E-state index contributed by atoms with van der Waals surface area (Å²) in [5.74, 6) is -2.43. The predicted octanol–water partition coefficient (Wildman–Crippen LogP) is 5.17. The fraction of sp³-hybridized carbons (Fsp3) is 0.200. The van der Waals surface area contributed by atoms with Crippen molar-refractivity contribution >= 4 is 37.2 Å². The van der Waals surface area contributed by atoms with E-state index in [0.29, 0.717) is 29.6 Å². The van der Waals surface area contributed by atoms with E-state index in [1.165, 1.54) is 48.6 Å². The van der Waals surface area contributed by atoms with E-state index in [-0.39, 0.29) is 43.4 Å². The summed E-state index contributed by atoms with van der Waals surface area (Å²) in [6.07, 6.45) is 8.49. The molecule has 0 saturated heterocycles. The van der Waals surface area contributed by atoms with Crippen molar-refractivity contribution in [2.75, 3.05) is 0 Å². The zero-order chi connectivity index (χ0) is 30.6. The first-order valence-corrected chi connectivity index (χ1v) is 15.7. The average molecular weight is 611 g/mol. The maximum atomic E-state index is 13.2. The fourth-order valence-electron chi connectivity index (χ4n) is 5.39. The number of fused-ring (bicyclic) bond motifs is 2. The summed E-state index contributed by atoms with van der Waals surface area (Å²) in [6, 6.07) is 7.65. The Morgan fingerprint density at radius 2 is 1.64 bits per heavy atom. The van der Waals surface area contributed by atoms with Gasteiger partial charge in [0.25, 0.3) is 0 Å². The molecule has 0 radical (unpaired) electrons. The second-order valence-corrected chi connectivity index (χ2v) is 14.8. The van der Waals surface area contributed by atoms with Gasteiger partial charge in [-0.2, -0.15) is 0 Å². The largest absolute Gasteiger partial charge is 0.506 e. The van der Waals surface area contributed by atoms with E-state index in [1.54, 1.807) is 12.2 Å². The second-order valence-electron chi connectivity index (χ2n) is 11.0. The van der Waals surface area contributed by atoms with Crippen molar-refractivity contribution in [2.24, 2.45) is 5.41 Å². The molecule has 3 N–H and O–H groups in total. The van der Waals surface area contributed by atoms with E-state index in [4.69, 9.17) is 5.26 Å². The van der Waals surface area contributed by atoms with Gasteiger partial charge in [-0.25, -0.2) is 26.5 Å². The Morgan fingerprint density at radius 1 is 0.952 bits per heavy atom. The summed E-state index contributed by atoms with van der Waals surface area (Å²) < 4.78 is 52.5. The summed E-state index contributed by atoms with van der Waals surface area (Å²) in [4.78, 5) is 27.1. The Balaban J connectivity index is 1.47. The second kappa shape index (κ2) is 10.3. The van der Waals surface area contributed by atoms with E-state index < -0.39 is 42.1 Å². The van der Waals surface area contributed by atoms with Gasteiger partial charge in [0.2, 0.25) is 25.5 Å². The molecule has 0 aromatic heterocycles. The van der Waals surface area contributed by atoms with Crippen molar-refractivity contribution in [3.63, 3.8) is 0 Å². The van der Waals surface area contributed by atoms with E-state index in [0.717, 1.165) is 6.07 Å². The quantitative estimate of drug-likeness (QED) is 0.225. The number of aromatic carboxylic acids is 1. The number of aliphatic hydroxyl groups excluding tert-OH is 1. The molecule has 42 heavy (non-hydrogen) atoms. The van der Waals surface area contributed by atoms with Crippen molar-refractivity contribution in [3.8, 4) is 0 Å². The van der Waals surface area contributed by atoms with Crippen molar-refractivity contribution in [1.29, 1.82) is 0 Å². The third-order valence-electron chi connectivity index (χ3n) is 7.25. The van der Waals surface area contributed by atoms with Gasteiger partial charge < -0.3 is 10.2 Å². The molecule has 0 unspecified atom stereocenters. The Labute approximate surface area is 242 Å². The van der Waals surface area contributed by atoms with Crippen LogP contribution in [0, 0.1) is 5.41 Å². The molecule has 0 spiro atoms. The lowest BCUT2D eigenvalue weighted by Crippen LogP contribution is -2.16. The molecule has 0 amide bonds. The maximum absolute atomic E-state index is 13.2. The molecule has 2 aromatic carbocycles. The minimum Gasteiger partial charge on any atom is -0.506 e. The van der Waals surface area contributed by atoms with Gasteiger partial charge in [-0.05, 0) is 77.5 Å². The molecule has 0 fully saturated rings. The molecule has 0 bridgehead atoms. The van der Waals surface area contributed by atoms with E-state index in [9.17, 15) is 36.6 Å². The third kappa shape index (κ3) is 5.07. The molecule has 2 heterocycles. The van der Waals surface area contributed by atoms with Gasteiger partial charge >= 0.3 is 5.97 Å². The van der Waals surface area contributed by atoms with Crippen LogP contribution in [-0.2, 0) is 31.2 Å². The van der Waals surface area contributed by atoms with Crippen molar-refractivity contribution in [2.45, 2.75) is 43.1 Å². The van der Waals surface area contributed by atoms with Crippen LogP contribution in [0.25, 0.3) is 5.76 Å². The number of aliphatic hydroxyl groups is 1. The first-order chi connectivity index (χ1) is 19.7. The number of hydrogen-bond acceptors (Lipinski definition) is 9. The van der Waals surface area contributed by atoms with E-state index in [2.05, 4.69) is 4.89 Å². The highest BCUT2D eigenvalue weighted by Gasteiger charge is 2.39. The SMILES string of the molecule is CC1(C)CC(/C=C/C2=C(O)c3ccc(COO)cc3S2(=O)=O)=CC(=C/C=C2/C(=O)c3ccc(C(=O)O)cc3S2(=O)=O)/C1. The van der Waals surface area contributed by atoms with Crippen LogP contribution in [0.4, 0.5) is 0 Å². The average Bonchev–Trinajstić information content (AvgIpc) is 3.22. The van der Waals surface area contributed by atoms with Crippen LogP contribution in [0.2, 0.25) is 0 Å². The molecule has 2 aromatic rings. The summed E-state index contributed by atoms with van der Waals surface area (Å²) in [5.41, 5.74) is 1.32. The number of benzene rings is 2. The van der Waals surface area contributed by atoms with Gasteiger partial charge in [0.05, 0.1) is 15.4 Å². The number of hydrogen-bond donors (Lipinski definition) is 3. The number of carbonyl (C=O) groups excluding carboxylic acids is 1. The van der Waals surface area contributed by atoms with Gasteiger partial charge in [-0.1, -0.05) is 38.1 Å². The minimum absolute atomic E-state index is 0.0874. The molecule has 218 valence electrons. The van der Waals surface area contributed by atoms with Crippen LogP contribution >= 0.6 is 0 Å². The lowest BCUT2D eigenvalue weighted by atomic mass is 9.75. The summed E-state index contributed by atoms with van der Waals surface area (Å²) >= 11 is 0.